The molecule has 0 bridgehead atoms. The molecule has 0 radical (unpaired) electrons. The van der Waals surface area contributed by atoms with Crippen LogP contribution in [0.4, 0.5) is 18.9 Å². The summed E-state index contributed by atoms with van der Waals surface area (Å²) < 4.78 is 40.5. The first-order valence-corrected chi connectivity index (χ1v) is 9.76. The molecule has 4 rings (SSSR count). The minimum Gasteiger partial charge on any atom is -0.385 e. The van der Waals surface area contributed by atoms with Crippen molar-refractivity contribution in [1.29, 1.82) is 0 Å². The van der Waals surface area contributed by atoms with Gasteiger partial charge in [-0.25, -0.2) is 0 Å². The zero-order valence-corrected chi connectivity index (χ0v) is 16.0. The lowest BCUT2D eigenvalue weighted by Crippen LogP contribution is -2.41. The number of benzene rings is 1. The van der Waals surface area contributed by atoms with E-state index in [-0.39, 0.29) is 23.0 Å². The average Bonchev–Trinajstić information content (AvgIpc) is 3.00. The Morgan fingerprint density at radius 1 is 1.24 bits per heavy atom. The quantitative estimate of drug-likeness (QED) is 0.790. The molecule has 4 nitrogen and oxygen atoms in total. The molecule has 1 fully saturated rings. The van der Waals surface area contributed by atoms with E-state index in [0.29, 0.717) is 24.6 Å². The lowest BCUT2D eigenvalue weighted by Gasteiger charge is -2.36. The fraction of sp³-hybridized carbons (Fsp3) is 0.409. The van der Waals surface area contributed by atoms with E-state index < -0.39 is 22.9 Å². The van der Waals surface area contributed by atoms with Crippen molar-refractivity contribution in [2.24, 2.45) is 0 Å². The van der Waals surface area contributed by atoms with E-state index in [1.807, 2.05) is 25.2 Å². The molecule has 29 heavy (non-hydrogen) atoms. The van der Waals surface area contributed by atoms with E-state index in [9.17, 15) is 23.1 Å². The Bertz CT molecular complexity index is 1040. The Morgan fingerprint density at radius 2 is 2.03 bits per heavy atom. The molecule has 0 spiro atoms. The van der Waals surface area contributed by atoms with Gasteiger partial charge in [-0.2, -0.15) is 13.2 Å². The molecule has 2 heterocycles. The second kappa shape index (κ2) is 7.06. The van der Waals surface area contributed by atoms with Gasteiger partial charge in [0.1, 0.15) is 0 Å². The summed E-state index contributed by atoms with van der Waals surface area (Å²) in [4.78, 5) is 16.2. The Morgan fingerprint density at radius 3 is 2.72 bits per heavy atom. The van der Waals surface area contributed by atoms with Gasteiger partial charge in [0.15, 0.2) is 0 Å². The highest BCUT2D eigenvalue weighted by atomic mass is 19.4. The molecule has 1 aliphatic heterocycles. The molecule has 7 heteroatoms. The summed E-state index contributed by atoms with van der Waals surface area (Å²) in [7, 11) is 0. The van der Waals surface area contributed by atoms with Crippen molar-refractivity contribution in [1.82, 2.24) is 4.98 Å². The van der Waals surface area contributed by atoms with Crippen LogP contribution >= 0.6 is 0 Å². The summed E-state index contributed by atoms with van der Waals surface area (Å²) in [6.45, 7) is 2.04. The summed E-state index contributed by atoms with van der Waals surface area (Å²) >= 11 is 0. The maximum absolute atomic E-state index is 13.5. The third-order valence-corrected chi connectivity index (χ3v) is 5.93. The molecule has 3 atom stereocenters. The van der Waals surface area contributed by atoms with Gasteiger partial charge in [0.2, 0.25) is 5.56 Å². The zero-order chi connectivity index (χ0) is 20.8. The second-order valence-electron chi connectivity index (χ2n) is 8.06. The van der Waals surface area contributed by atoms with E-state index in [4.69, 9.17) is 0 Å². The summed E-state index contributed by atoms with van der Waals surface area (Å²) in [6.07, 6.45) is 5.61. The van der Waals surface area contributed by atoms with Crippen LogP contribution in [0.15, 0.2) is 53.4 Å². The molecule has 0 amide bonds. The number of alkyl halides is 3. The van der Waals surface area contributed by atoms with Gasteiger partial charge < -0.3 is 15.0 Å². The summed E-state index contributed by atoms with van der Waals surface area (Å²) in [6, 6.07) is 5.54. The highest BCUT2D eigenvalue weighted by Crippen LogP contribution is 2.39. The van der Waals surface area contributed by atoms with Gasteiger partial charge in [0.25, 0.3) is 0 Å². The topological polar surface area (TPSA) is 56.3 Å². The Hall–Kier alpha value is -2.54. The van der Waals surface area contributed by atoms with E-state index in [1.54, 1.807) is 12.1 Å². The van der Waals surface area contributed by atoms with Crippen molar-refractivity contribution >= 4 is 16.6 Å². The number of nitrogens with one attached hydrogen (secondary N) is 1. The number of rotatable bonds is 3. The number of anilines is 1. The highest BCUT2D eigenvalue weighted by Gasteiger charge is 2.38. The standard InChI is InChI=1S/C22H23F3N2O2/c1-14-5-6-16(13-21(29)9-3-2-4-10-21)27(14)15-7-8-19-17(11-15)18(22(23,24)25)12-20(28)26-19/h2-4,7-9,11-12,14,16,29H,5-6,10,13H2,1H3,(H,26,28)/t14-,16-,21-/m1/s1. The maximum atomic E-state index is 13.5. The van der Waals surface area contributed by atoms with Crippen LogP contribution in [0.25, 0.3) is 10.9 Å². The van der Waals surface area contributed by atoms with Gasteiger partial charge in [0.05, 0.1) is 11.2 Å². The number of aromatic amines is 1. The van der Waals surface area contributed by atoms with Crippen LogP contribution in [-0.2, 0) is 6.18 Å². The largest absolute Gasteiger partial charge is 0.417 e. The second-order valence-corrected chi connectivity index (χ2v) is 8.06. The van der Waals surface area contributed by atoms with Gasteiger partial charge in [-0.15, -0.1) is 0 Å². The van der Waals surface area contributed by atoms with E-state index >= 15 is 0 Å². The summed E-state index contributed by atoms with van der Waals surface area (Å²) in [5.41, 5.74) is -1.81. The van der Waals surface area contributed by atoms with Gasteiger partial charge in [-0.05, 0) is 44.4 Å². The molecule has 1 aromatic heterocycles. The van der Waals surface area contributed by atoms with Gasteiger partial charge in [-0.1, -0.05) is 24.3 Å². The SMILES string of the molecule is C[C@@H]1CC[C@H](C[C@@]2(O)C=CC=CC2)N1c1ccc2[nH]c(=O)cc(C(F)(F)F)c2c1. The fourth-order valence-electron chi connectivity index (χ4n) is 4.59. The molecule has 0 unspecified atom stereocenters. The summed E-state index contributed by atoms with van der Waals surface area (Å²) in [5, 5.41) is 10.9. The van der Waals surface area contributed by atoms with Gasteiger partial charge in [-0.3, -0.25) is 4.79 Å². The molecule has 2 N–H and O–H groups in total. The molecule has 1 aromatic carbocycles. The summed E-state index contributed by atoms with van der Waals surface area (Å²) in [5.74, 6) is 0. The monoisotopic (exact) mass is 404 g/mol. The van der Waals surface area contributed by atoms with E-state index in [2.05, 4.69) is 9.88 Å². The molecule has 2 aliphatic rings. The predicted molar refractivity (Wildman–Crippen MR) is 107 cm³/mol. The molecule has 0 saturated carbocycles. The average molecular weight is 404 g/mol. The number of aliphatic hydroxyl groups is 1. The van der Waals surface area contributed by atoms with Gasteiger partial charge in [0, 0.05) is 41.2 Å². The number of pyridine rings is 1. The lowest BCUT2D eigenvalue weighted by molar-refractivity contribution is -0.136. The Kier molecular flexibility index (Phi) is 4.81. The normalized spacial score (nSPS) is 27.1. The van der Waals surface area contributed by atoms with Crippen LogP contribution in [0.2, 0.25) is 0 Å². The number of H-pyrrole nitrogens is 1. The molecule has 154 valence electrons. The van der Waals surface area contributed by atoms with Crippen LogP contribution < -0.4 is 10.5 Å². The van der Waals surface area contributed by atoms with E-state index in [0.717, 1.165) is 12.8 Å². The van der Waals surface area contributed by atoms with Crippen LogP contribution in [0, 0.1) is 0 Å². The van der Waals surface area contributed by atoms with Crippen LogP contribution in [0.5, 0.6) is 0 Å². The first kappa shape index (κ1) is 19.8. The first-order chi connectivity index (χ1) is 13.7. The van der Waals surface area contributed by atoms with Crippen LogP contribution in [0.3, 0.4) is 0 Å². The lowest BCUT2D eigenvalue weighted by atomic mass is 9.87. The number of halogens is 3. The Labute approximate surface area is 166 Å². The van der Waals surface area contributed by atoms with E-state index in [1.165, 1.54) is 12.1 Å². The van der Waals surface area contributed by atoms with Crippen molar-refractivity contribution < 1.29 is 18.3 Å². The van der Waals surface area contributed by atoms with Crippen molar-refractivity contribution in [3.63, 3.8) is 0 Å². The Balaban J connectivity index is 1.74. The molecular weight excluding hydrogens is 381 g/mol. The number of nitrogens with zero attached hydrogens (tertiary/aromatic N) is 1. The third-order valence-electron chi connectivity index (χ3n) is 5.93. The number of hydrogen-bond acceptors (Lipinski definition) is 3. The zero-order valence-electron chi connectivity index (χ0n) is 16.0. The number of hydrogen-bond donors (Lipinski definition) is 2. The minimum atomic E-state index is -4.62. The number of allylic oxidation sites excluding steroid dienone is 2. The molecule has 1 saturated heterocycles. The van der Waals surface area contributed by atoms with Gasteiger partial charge >= 0.3 is 6.18 Å². The highest BCUT2D eigenvalue weighted by molar-refractivity contribution is 5.86. The van der Waals surface area contributed by atoms with Crippen LogP contribution in [-0.4, -0.2) is 27.8 Å². The van der Waals surface area contributed by atoms with Crippen molar-refractivity contribution in [3.8, 4) is 0 Å². The fourth-order valence-corrected chi connectivity index (χ4v) is 4.59. The number of aromatic nitrogens is 1. The third kappa shape index (κ3) is 3.83. The minimum absolute atomic E-state index is 0.0145. The molecule has 2 aromatic rings. The predicted octanol–water partition coefficient (Wildman–Crippen LogP) is 4.54. The smallest absolute Gasteiger partial charge is 0.385 e. The van der Waals surface area contributed by atoms with Crippen molar-refractivity contribution in [2.45, 2.75) is 56.5 Å². The first-order valence-electron chi connectivity index (χ1n) is 9.76. The van der Waals surface area contributed by atoms with Crippen molar-refractivity contribution in [3.05, 3.63) is 64.5 Å². The van der Waals surface area contributed by atoms with Crippen LogP contribution in [0.1, 0.15) is 38.2 Å². The van der Waals surface area contributed by atoms with Crippen molar-refractivity contribution in [2.75, 3.05) is 4.90 Å². The number of fused-ring (bicyclic) bond motifs is 1. The molecule has 1 aliphatic carbocycles. The maximum Gasteiger partial charge on any atom is 0.417 e. The molecular formula is C22H23F3N2O2.